The lowest BCUT2D eigenvalue weighted by Crippen LogP contribution is -2.47. The van der Waals surface area contributed by atoms with Crippen LogP contribution < -0.4 is 5.32 Å². The predicted molar refractivity (Wildman–Crippen MR) is 68.8 cm³/mol. The summed E-state index contributed by atoms with van der Waals surface area (Å²) in [5.74, 6) is 1.83. The topological polar surface area (TPSA) is 35.6 Å². The van der Waals surface area contributed by atoms with Crippen molar-refractivity contribution in [2.75, 3.05) is 39.3 Å². The molecule has 98 valence electrons. The molecule has 4 nitrogen and oxygen atoms in total. The van der Waals surface area contributed by atoms with Gasteiger partial charge in [0, 0.05) is 26.2 Å². The predicted octanol–water partition coefficient (Wildman–Crippen LogP) is 0.395. The van der Waals surface area contributed by atoms with E-state index in [-0.39, 0.29) is 6.04 Å². The minimum Gasteiger partial charge on any atom is -0.342 e. The summed E-state index contributed by atoms with van der Waals surface area (Å²) in [6.45, 7) is 12.3. The first-order chi connectivity index (χ1) is 8.17. The molecule has 0 saturated carbocycles. The molecule has 2 heterocycles. The van der Waals surface area contributed by atoms with Crippen molar-refractivity contribution in [3.05, 3.63) is 0 Å². The summed E-state index contributed by atoms with van der Waals surface area (Å²) < 4.78 is 0. The molecule has 4 heteroatoms. The van der Waals surface area contributed by atoms with E-state index in [0.717, 1.165) is 51.1 Å². The maximum atomic E-state index is 12.3. The van der Waals surface area contributed by atoms with Gasteiger partial charge in [-0.25, -0.2) is 0 Å². The molecule has 1 amide bonds. The van der Waals surface area contributed by atoms with Crippen LogP contribution in [0.4, 0.5) is 0 Å². The Morgan fingerprint density at radius 3 is 2.29 bits per heavy atom. The van der Waals surface area contributed by atoms with Crippen molar-refractivity contribution in [3.63, 3.8) is 0 Å². The molecule has 2 aliphatic rings. The summed E-state index contributed by atoms with van der Waals surface area (Å²) in [5, 5.41) is 3.44. The Bertz CT molecular complexity index is 266. The minimum absolute atomic E-state index is 0.0560. The molecular formula is C13H25N3O. The molecule has 2 fully saturated rings. The maximum Gasteiger partial charge on any atom is 0.239 e. The zero-order valence-electron chi connectivity index (χ0n) is 11.3. The van der Waals surface area contributed by atoms with E-state index in [2.05, 4.69) is 31.0 Å². The molecule has 0 aromatic rings. The first kappa shape index (κ1) is 12.8. The Morgan fingerprint density at radius 2 is 1.82 bits per heavy atom. The first-order valence-corrected chi connectivity index (χ1v) is 6.90. The quantitative estimate of drug-likeness (QED) is 0.771. The number of rotatable bonds is 4. The number of fused-ring (bicyclic) bond motifs is 1. The summed E-state index contributed by atoms with van der Waals surface area (Å²) in [7, 11) is 0. The molecular weight excluding hydrogens is 214 g/mol. The summed E-state index contributed by atoms with van der Waals surface area (Å²) in [6.07, 6.45) is 0. The molecule has 0 radical (unpaired) electrons. The van der Waals surface area contributed by atoms with E-state index in [1.807, 2.05) is 4.90 Å². The zero-order chi connectivity index (χ0) is 12.4. The van der Waals surface area contributed by atoms with Crippen LogP contribution in [-0.2, 0) is 4.79 Å². The summed E-state index contributed by atoms with van der Waals surface area (Å²) in [6, 6.07) is 0.0560. The van der Waals surface area contributed by atoms with Crippen LogP contribution >= 0.6 is 0 Å². The van der Waals surface area contributed by atoms with E-state index in [1.54, 1.807) is 0 Å². The second-order valence-corrected chi connectivity index (χ2v) is 5.32. The Kier molecular flexibility index (Phi) is 4.05. The fourth-order valence-electron chi connectivity index (χ4n) is 3.16. The molecule has 2 saturated heterocycles. The fourth-order valence-corrected chi connectivity index (χ4v) is 3.16. The van der Waals surface area contributed by atoms with Crippen LogP contribution in [0, 0.1) is 11.8 Å². The highest BCUT2D eigenvalue weighted by Gasteiger charge is 2.39. The number of nitrogens with one attached hydrogen (secondary N) is 1. The van der Waals surface area contributed by atoms with E-state index >= 15 is 0 Å². The van der Waals surface area contributed by atoms with Crippen molar-refractivity contribution in [1.29, 1.82) is 0 Å². The molecule has 0 bridgehead atoms. The summed E-state index contributed by atoms with van der Waals surface area (Å²) in [4.78, 5) is 16.6. The van der Waals surface area contributed by atoms with Crippen LogP contribution in [0.15, 0.2) is 0 Å². The van der Waals surface area contributed by atoms with E-state index in [9.17, 15) is 4.79 Å². The largest absolute Gasteiger partial charge is 0.342 e. The molecule has 0 aromatic carbocycles. The second kappa shape index (κ2) is 5.36. The lowest BCUT2D eigenvalue weighted by atomic mass is 10.0. The molecule has 3 atom stereocenters. The maximum absolute atomic E-state index is 12.3. The van der Waals surface area contributed by atoms with Crippen LogP contribution in [-0.4, -0.2) is 61.0 Å². The first-order valence-electron chi connectivity index (χ1n) is 6.90. The van der Waals surface area contributed by atoms with Crippen molar-refractivity contribution in [2.24, 2.45) is 11.8 Å². The van der Waals surface area contributed by atoms with Gasteiger partial charge >= 0.3 is 0 Å². The molecule has 2 rings (SSSR count). The van der Waals surface area contributed by atoms with Gasteiger partial charge in [-0.1, -0.05) is 0 Å². The number of nitrogens with zero attached hydrogens (tertiary/aromatic N) is 2. The summed E-state index contributed by atoms with van der Waals surface area (Å²) >= 11 is 0. The monoisotopic (exact) mass is 239 g/mol. The number of amides is 1. The van der Waals surface area contributed by atoms with Crippen molar-refractivity contribution < 1.29 is 4.79 Å². The lowest BCUT2D eigenvalue weighted by molar-refractivity contribution is -0.135. The zero-order valence-corrected chi connectivity index (χ0v) is 11.3. The summed E-state index contributed by atoms with van der Waals surface area (Å²) in [5.41, 5.74) is 0. The van der Waals surface area contributed by atoms with Gasteiger partial charge in [-0.3, -0.25) is 9.69 Å². The molecule has 0 aromatic heterocycles. The van der Waals surface area contributed by atoms with Gasteiger partial charge in [0.1, 0.15) is 0 Å². The third-order valence-electron chi connectivity index (χ3n) is 4.40. The number of likely N-dealkylation sites (N-methyl/N-ethyl adjacent to an activating group) is 1. The normalized spacial score (nSPS) is 30.3. The van der Waals surface area contributed by atoms with E-state index in [1.165, 1.54) is 0 Å². The third-order valence-corrected chi connectivity index (χ3v) is 4.40. The van der Waals surface area contributed by atoms with Gasteiger partial charge in [0.15, 0.2) is 0 Å². The molecule has 17 heavy (non-hydrogen) atoms. The van der Waals surface area contributed by atoms with Gasteiger partial charge in [0.05, 0.1) is 6.04 Å². The fraction of sp³-hybridized carbons (Fsp3) is 0.923. The van der Waals surface area contributed by atoms with Crippen LogP contribution in [0.2, 0.25) is 0 Å². The molecule has 2 aliphatic heterocycles. The van der Waals surface area contributed by atoms with E-state index < -0.39 is 0 Å². The molecule has 1 unspecified atom stereocenters. The average Bonchev–Trinajstić information content (AvgIpc) is 2.89. The Labute approximate surface area is 104 Å². The molecule has 0 spiro atoms. The number of carbonyl (C=O) groups is 1. The highest BCUT2D eigenvalue weighted by molar-refractivity contribution is 5.81. The second-order valence-electron chi connectivity index (χ2n) is 5.32. The standard InChI is InChI=1S/C13H25N3O/c1-4-15(5-2)13(17)10(3)16-8-11-6-14-7-12(11)9-16/h10-12,14H,4-9H2,1-3H3/t10?,11-,12+. The SMILES string of the molecule is CCN(CC)C(=O)C(C)N1C[C@H]2CNC[C@H]2C1. The van der Waals surface area contributed by atoms with Gasteiger partial charge in [-0.05, 0) is 45.7 Å². The van der Waals surface area contributed by atoms with Crippen molar-refractivity contribution >= 4 is 5.91 Å². The van der Waals surface area contributed by atoms with Crippen molar-refractivity contribution in [2.45, 2.75) is 26.8 Å². The van der Waals surface area contributed by atoms with Crippen LogP contribution in [0.25, 0.3) is 0 Å². The lowest BCUT2D eigenvalue weighted by Gasteiger charge is -2.29. The van der Waals surface area contributed by atoms with Crippen molar-refractivity contribution in [3.8, 4) is 0 Å². The van der Waals surface area contributed by atoms with Gasteiger partial charge in [-0.15, -0.1) is 0 Å². The Balaban J connectivity index is 1.92. The Hall–Kier alpha value is -0.610. The number of hydrogen-bond donors (Lipinski definition) is 1. The number of carbonyl (C=O) groups excluding carboxylic acids is 1. The highest BCUT2D eigenvalue weighted by atomic mass is 16.2. The van der Waals surface area contributed by atoms with Gasteiger partial charge < -0.3 is 10.2 Å². The van der Waals surface area contributed by atoms with E-state index in [4.69, 9.17) is 0 Å². The van der Waals surface area contributed by atoms with Crippen molar-refractivity contribution in [1.82, 2.24) is 15.1 Å². The third kappa shape index (κ3) is 2.47. The minimum atomic E-state index is 0.0560. The van der Waals surface area contributed by atoms with Gasteiger partial charge in [0.2, 0.25) is 5.91 Å². The molecule has 1 N–H and O–H groups in total. The Morgan fingerprint density at radius 1 is 1.29 bits per heavy atom. The molecule has 0 aliphatic carbocycles. The number of likely N-dealkylation sites (tertiary alicyclic amines) is 1. The number of hydrogen-bond acceptors (Lipinski definition) is 3. The van der Waals surface area contributed by atoms with Gasteiger partial charge in [0.25, 0.3) is 0 Å². The average molecular weight is 239 g/mol. The van der Waals surface area contributed by atoms with E-state index in [0.29, 0.717) is 5.91 Å². The van der Waals surface area contributed by atoms with Crippen LogP contribution in [0.1, 0.15) is 20.8 Å². The highest BCUT2D eigenvalue weighted by Crippen LogP contribution is 2.27. The van der Waals surface area contributed by atoms with Crippen LogP contribution in [0.3, 0.4) is 0 Å². The van der Waals surface area contributed by atoms with Gasteiger partial charge in [-0.2, -0.15) is 0 Å². The van der Waals surface area contributed by atoms with Crippen LogP contribution in [0.5, 0.6) is 0 Å². The smallest absolute Gasteiger partial charge is 0.239 e.